The fourth-order valence-electron chi connectivity index (χ4n) is 2.87. The summed E-state index contributed by atoms with van der Waals surface area (Å²) in [6, 6.07) is 12.6. The number of thiazole rings is 1. The molecule has 3 rings (SSSR count). The second-order valence-electron chi connectivity index (χ2n) is 6.23. The van der Waals surface area contributed by atoms with Crippen LogP contribution in [0.3, 0.4) is 0 Å². The van der Waals surface area contributed by atoms with Gasteiger partial charge in [0.1, 0.15) is 5.75 Å². The van der Waals surface area contributed by atoms with Crippen molar-refractivity contribution < 1.29 is 23.8 Å². The molecule has 0 unspecified atom stereocenters. The Hall–Kier alpha value is -2.97. The van der Waals surface area contributed by atoms with Crippen molar-refractivity contribution in [3.63, 3.8) is 0 Å². The molecule has 3 aromatic rings. The standard InChI is InChI=1S/C21H22N2O5S/c1-26-11-10-23-17-9-6-15(20(25)28-3)13-18(17)29-21(23)22-19(24)12-14-4-7-16(27-2)8-5-14/h4-9,13H,10-12H2,1-3H3. The van der Waals surface area contributed by atoms with Crippen molar-refractivity contribution in [2.45, 2.75) is 13.0 Å². The molecular weight excluding hydrogens is 392 g/mol. The lowest BCUT2D eigenvalue weighted by Crippen LogP contribution is -2.19. The minimum atomic E-state index is -0.405. The Balaban J connectivity index is 1.96. The molecule has 0 aliphatic carbocycles. The molecule has 0 saturated carbocycles. The Kier molecular flexibility index (Phi) is 6.79. The highest BCUT2D eigenvalue weighted by Crippen LogP contribution is 2.20. The van der Waals surface area contributed by atoms with Crippen LogP contribution in [0.15, 0.2) is 47.5 Å². The van der Waals surface area contributed by atoms with Gasteiger partial charge < -0.3 is 18.8 Å². The van der Waals surface area contributed by atoms with Gasteiger partial charge in [-0.25, -0.2) is 4.79 Å². The Morgan fingerprint density at radius 1 is 1.07 bits per heavy atom. The molecule has 0 N–H and O–H groups in total. The molecule has 1 amide bonds. The van der Waals surface area contributed by atoms with Gasteiger partial charge in [-0.05, 0) is 35.9 Å². The lowest BCUT2D eigenvalue weighted by Gasteiger charge is -2.05. The van der Waals surface area contributed by atoms with Gasteiger partial charge in [-0.2, -0.15) is 4.99 Å². The molecule has 0 aliphatic heterocycles. The van der Waals surface area contributed by atoms with Crippen LogP contribution < -0.4 is 9.54 Å². The van der Waals surface area contributed by atoms with Gasteiger partial charge in [0, 0.05) is 13.7 Å². The molecule has 152 valence electrons. The summed E-state index contributed by atoms with van der Waals surface area (Å²) in [6.45, 7) is 1.02. The predicted molar refractivity (Wildman–Crippen MR) is 110 cm³/mol. The molecule has 1 heterocycles. The van der Waals surface area contributed by atoms with Gasteiger partial charge in [0.25, 0.3) is 5.91 Å². The third-order valence-electron chi connectivity index (χ3n) is 4.36. The van der Waals surface area contributed by atoms with E-state index in [9.17, 15) is 9.59 Å². The lowest BCUT2D eigenvalue weighted by atomic mass is 10.1. The fourth-order valence-corrected chi connectivity index (χ4v) is 3.98. The summed E-state index contributed by atoms with van der Waals surface area (Å²) in [6.07, 6.45) is 0.190. The van der Waals surface area contributed by atoms with E-state index >= 15 is 0 Å². The van der Waals surface area contributed by atoms with E-state index in [0.29, 0.717) is 23.5 Å². The minimum absolute atomic E-state index is 0.190. The van der Waals surface area contributed by atoms with E-state index in [1.165, 1.54) is 18.4 Å². The van der Waals surface area contributed by atoms with Gasteiger partial charge in [0.15, 0.2) is 4.80 Å². The zero-order valence-electron chi connectivity index (χ0n) is 16.5. The number of benzene rings is 2. The quantitative estimate of drug-likeness (QED) is 0.556. The molecule has 29 heavy (non-hydrogen) atoms. The largest absolute Gasteiger partial charge is 0.497 e. The molecule has 0 bridgehead atoms. The lowest BCUT2D eigenvalue weighted by molar-refractivity contribution is -0.117. The maximum Gasteiger partial charge on any atom is 0.337 e. The normalized spacial score (nSPS) is 11.6. The average Bonchev–Trinajstić information content (AvgIpc) is 3.07. The Morgan fingerprint density at radius 2 is 1.83 bits per heavy atom. The summed E-state index contributed by atoms with van der Waals surface area (Å²) in [5, 5.41) is 0. The van der Waals surface area contributed by atoms with Gasteiger partial charge in [-0.3, -0.25) is 4.79 Å². The first-order valence-corrected chi connectivity index (χ1v) is 9.78. The number of nitrogens with zero attached hydrogens (tertiary/aromatic N) is 2. The number of esters is 1. The Bertz CT molecular complexity index is 1080. The number of rotatable bonds is 7. The molecule has 0 fully saturated rings. The first-order chi connectivity index (χ1) is 14.0. The topological polar surface area (TPSA) is 79.1 Å². The Labute approximate surface area is 172 Å². The van der Waals surface area contributed by atoms with Crippen molar-refractivity contribution in [1.29, 1.82) is 0 Å². The Morgan fingerprint density at radius 3 is 2.48 bits per heavy atom. The van der Waals surface area contributed by atoms with E-state index in [1.807, 2.05) is 34.9 Å². The fraction of sp³-hybridized carbons (Fsp3) is 0.286. The van der Waals surface area contributed by atoms with E-state index < -0.39 is 5.97 Å². The molecule has 0 spiro atoms. The zero-order valence-corrected chi connectivity index (χ0v) is 17.3. The molecule has 0 saturated heterocycles. The van der Waals surface area contributed by atoms with E-state index in [-0.39, 0.29) is 12.3 Å². The highest BCUT2D eigenvalue weighted by molar-refractivity contribution is 7.16. The number of carbonyl (C=O) groups excluding carboxylic acids is 2. The van der Waals surface area contributed by atoms with Crippen LogP contribution >= 0.6 is 11.3 Å². The number of methoxy groups -OCH3 is 3. The van der Waals surface area contributed by atoms with Crippen molar-refractivity contribution in [2.75, 3.05) is 27.9 Å². The van der Waals surface area contributed by atoms with E-state index in [4.69, 9.17) is 14.2 Å². The third-order valence-corrected chi connectivity index (χ3v) is 5.40. The maximum absolute atomic E-state index is 12.6. The van der Waals surface area contributed by atoms with Gasteiger partial charge in [-0.1, -0.05) is 23.5 Å². The third kappa shape index (κ3) is 4.90. The highest BCUT2D eigenvalue weighted by Gasteiger charge is 2.12. The molecular formula is C21H22N2O5S. The molecule has 0 radical (unpaired) electrons. The second-order valence-corrected chi connectivity index (χ2v) is 7.24. The van der Waals surface area contributed by atoms with E-state index in [2.05, 4.69) is 4.99 Å². The van der Waals surface area contributed by atoms with Crippen LogP contribution in [0.4, 0.5) is 0 Å². The van der Waals surface area contributed by atoms with E-state index in [1.54, 1.807) is 26.4 Å². The van der Waals surface area contributed by atoms with E-state index in [0.717, 1.165) is 21.5 Å². The number of aromatic nitrogens is 1. The molecule has 0 aliphatic rings. The molecule has 8 heteroatoms. The van der Waals surface area contributed by atoms with Crippen molar-refractivity contribution >= 4 is 33.4 Å². The van der Waals surface area contributed by atoms with Crippen LogP contribution in [0.2, 0.25) is 0 Å². The number of amides is 1. The first-order valence-electron chi connectivity index (χ1n) is 8.97. The summed E-state index contributed by atoms with van der Waals surface area (Å²) >= 11 is 1.35. The number of carbonyl (C=O) groups is 2. The van der Waals surface area contributed by atoms with Crippen LogP contribution in [0.5, 0.6) is 5.75 Å². The second kappa shape index (κ2) is 9.49. The molecule has 0 atom stereocenters. The van der Waals surface area contributed by atoms with Crippen LogP contribution in [0.1, 0.15) is 15.9 Å². The van der Waals surface area contributed by atoms with Crippen LogP contribution in [-0.4, -0.2) is 44.4 Å². The van der Waals surface area contributed by atoms with Crippen LogP contribution in [0, 0.1) is 0 Å². The summed E-state index contributed by atoms with van der Waals surface area (Å²) in [5.74, 6) is 0.0837. The number of hydrogen-bond acceptors (Lipinski definition) is 6. The average molecular weight is 414 g/mol. The summed E-state index contributed by atoms with van der Waals surface area (Å²) < 4.78 is 17.9. The minimum Gasteiger partial charge on any atom is -0.497 e. The number of hydrogen-bond donors (Lipinski definition) is 0. The SMILES string of the molecule is COCCn1c(=NC(=O)Cc2ccc(OC)cc2)sc2cc(C(=O)OC)ccc21. The van der Waals surface area contributed by atoms with Crippen LogP contribution in [0.25, 0.3) is 10.2 Å². The monoisotopic (exact) mass is 414 g/mol. The number of fused-ring (bicyclic) bond motifs is 1. The van der Waals surface area contributed by atoms with Crippen molar-refractivity contribution in [2.24, 2.45) is 4.99 Å². The maximum atomic E-state index is 12.6. The predicted octanol–water partition coefficient (Wildman–Crippen LogP) is 2.81. The van der Waals surface area contributed by atoms with Gasteiger partial charge in [-0.15, -0.1) is 0 Å². The highest BCUT2D eigenvalue weighted by atomic mass is 32.1. The smallest absolute Gasteiger partial charge is 0.337 e. The van der Waals surface area contributed by atoms with Crippen molar-refractivity contribution in [1.82, 2.24) is 4.57 Å². The summed E-state index contributed by atoms with van der Waals surface area (Å²) in [5.41, 5.74) is 2.20. The summed E-state index contributed by atoms with van der Waals surface area (Å²) in [4.78, 5) is 29.3. The van der Waals surface area contributed by atoms with Gasteiger partial charge >= 0.3 is 5.97 Å². The number of ether oxygens (including phenoxy) is 3. The molecule has 2 aromatic carbocycles. The van der Waals surface area contributed by atoms with Gasteiger partial charge in [0.2, 0.25) is 0 Å². The summed E-state index contributed by atoms with van der Waals surface area (Å²) in [7, 11) is 4.57. The van der Waals surface area contributed by atoms with Crippen molar-refractivity contribution in [3.05, 3.63) is 58.4 Å². The van der Waals surface area contributed by atoms with Gasteiger partial charge in [0.05, 0.1) is 43.0 Å². The van der Waals surface area contributed by atoms with Crippen LogP contribution in [-0.2, 0) is 27.2 Å². The first kappa shape index (κ1) is 20.8. The van der Waals surface area contributed by atoms with Crippen molar-refractivity contribution in [3.8, 4) is 5.75 Å². The molecule has 7 nitrogen and oxygen atoms in total. The zero-order chi connectivity index (χ0) is 20.8. The molecule has 1 aromatic heterocycles.